The van der Waals surface area contributed by atoms with Gasteiger partial charge in [-0.2, -0.15) is 5.10 Å². The van der Waals surface area contributed by atoms with Gasteiger partial charge in [-0.3, -0.25) is 4.79 Å². The first-order valence-corrected chi connectivity index (χ1v) is 8.77. The van der Waals surface area contributed by atoms with Gasteiger partial charge in [0.15, 0.2) is 5.69 Å². The van der Waals surface area contributed by atoms with Crippen LogP contribution >= 0.6 is 23.2 Å². The van der Waals surface area contributed by atoms with Gasteiger partial charge in [-0.25, -0.2) is 4.68 Å². The molecule has 1 aromatic carbocycles. The molecule has 1 fully saturated rings. The molecule has 1 aliphatic heterocycles. The van der Waals surface area contributed by atoms with Crippen LogP contribution in [0.15, 0.2) is 30.5 Å². The molecule has 3 rings (SSSR count). The number of carbonyl (C=O) groups excluding carboxylic acids is 1. The fraction of sp³-hybridized carbons (Fsp3) is 0.412. The van der Waals surface area contributed by atoms with Crippen LogP contribution < -0.4 is 5.73 Å². The van der Waals surface area contributed by atoms with Crippen LogP contribution in [0.1, 0.15) is 30.3 Å². The third kappa shape index (κ3) is 3.58. The molecule has 7 heteroatoms. The van der Waals surface area contributed by atoms with Gasteiger partial charge in [0, 0.05) is 25.3 Å². The minimum atomic E-state index is -0.0445. The average Bonchev–Trinajstić information content (AvgIpc) is 3.07. The number of nitrogens with zero attached hydrogens (tertiary/aromatic N) is 3. The van der Waals surface area contributed by atoms with E-state index >= 15 is 0 Å². The van der Waals surface area contributed by atoms with Crippen LogP contribution in [0, 0.1) is 5.92 Å². The summed E-state index contributed by atoms with van der Waals surface area (Å²) >= 11 is 12.0. The second kappa shape index (κ2) is 7.13. The fourth-order valence-corrected chi connectivity index (χ4v) is 3.29. The summed E-state index contributed by atoms with van der Waals surface area (Å²) in [7, 11) is 0. The lowest BCUT2D eigenvalue weighted by atomic mass is 9.91. The number of carbonyl (C=O) groups is 1. The number of amides is 1. The van der Waals surface area contributed by atoms with Crippen molar-refractivity contribution < 1.29 is 4.79 Å². The number of hydrogen-bond acceptors (Lipinski definition) is 3. The van der Waals surface area contributed by atoms with Gasteiger partial charge in [0.05, 0.1) is 15.7 Å². The monoisotopic (exact) mass is 366 g/mol. The average molecular weight is 367 g/mol. The number of benzene rings is 1. The van der Waals surface area contributed by atoms with Crippen LogP contribution in [0.2, 0.25) is 10.0 Å². The topological polar surface area (TPSA) is 64.2 Å². The fourth-order valence-electron chi connectivity index (χ4n) is 3.00. The van der Waals surface area contributed by atoms with E-state index in [2.05, 4.69) is 5.10 Å². The maximum Gasteiger partial charge on any atom is 0.274 e. The molecule has 1 atom stereocenters. The van der Waals surface area contributed by atoms with Crippen LogP contribution in [-0.4, -0.2) is 39.7 Å². The molecule has 1 unspecified atom stereocenters. The highest BCUT2D eigenvalue weighted by Crippen LogP contribution is 2.25. The Bertz CT molecular complexity index is 736. The highest BCUT2D eigenvalue weighted by atomic mass is 35.5. The van der Waals surface area contributed by atoms with Crippen LogP contribution in [0.5, 0.6) is 0 Å². The Morgan fingerprint density at radius 2 is 1.96 bits per heavy atom. The molecule has 0 spiro atoms. The zero-order valence-electron chi connectivity index (χ0n) is 13.5. The number of aromatic nitrogens is 2. The molecular formula is C17H20Cl2N4O. The lowest BCUT2D eigenvalue weighted by Crippen LogP contribution is -2.42. The maximum absolute atomic E-state index is 12.6. The number of nitrogens with two attached hydrogens (primary N) is 1. The van der Waals surface area contributed by atoms with E-state index in [0.717, 1.165) is 31.6 Å². The largest absolute Gasteiger partial charge is 0.337 e. The molecule has 24 heavy (non-hydrogen) atoms. The molecule has 128 valence electrons. The summed E-state index contributed by atoms with van der Waals surface area (Å²) < 4.78 is 1.63. The van der Waals surface area contributed by atoms with Gasteiger partial charge in [-0.05, 0) is 49.9 Å². The quantitative estimate of drug-likeness (QED) is 0.905. The van der Waals surface area contributed by atoms with E-state index in [1.165, 1.54) is 0 Å². The summed E-state index contributed by atoms with van der Waals surface area (Å²) in [5.41, 5.74) is 7.14. The second-order valence-electron chi connectivity index (χ2n) is 6.23. The van der Waals surface area contributed by atoms with Crippen LogP contribution in [-0.2, 0) is 0 Å². The molecule has 1 aliphatic rings. The molecule has 0 saturated carbocycles. The molecule has 2 heterocycles. The highest BCUT2D eigenvalue weighted by molar-refractivity contribution is 6.42. The van der Waals surface area contributed by atoms with Gasteiger partial charge in [0.1, 0.15) is 0 Å². The van der Waals surface area contributed by atoms with E-state index in [1.807, 2.05) is 17.9 Å². The van der Waals surface area contributed by atoms with E-state index in [0.29, 0.717) is 21.7 Å². The lowest BCUT2D eigenvalue weighted by Gasteiger charge is -2.33. The predicted molar refractivity (Wildman–Crippen MR) is 95.9 cm³/mol. The minimum Gasteiger partial charge on any atom is -0.337 e. The van der Waals surface area contributed by atoms with Crippen molar-refractivity contribution in [3.8, 4) is 5.69 Å². The van der Waals surface area contributed by atoms with Gasteiger partial charge in [-0.1, -0.05) is 23.2 Å². The van der Waals surface area contributed by atoms with Gasteiger partial charge >= 0.3 is 0 Å². The zero-order valence-corrected chi connectivity index (χ0v) is 15.0. The molecule has 1 saturated heterocycles. The van der Waals surface area contributed by atoms with Crippen molar-refractivity contribution in [2.24, 2.45) is 11.7 Å². The Hall–Kier alpha value is -1.56. The maximum atomic E-state index is 12.6. The molecule has 0 aliphatic carbocycles. The summed E-state index contributed by atoms with van der Waals surface area (Å²) in [6.45, 7) is 3.48. The molecule has 2 N–H and O–H groups in total. The molecule has 0 bridgehead atoms. The van der Waals surface area contributed by atoms with Crippen molar-refractivity contribution in [1.82, 2.24) is 14.7 Å². The number of halogens is 2. The first-order valence-electron chi connectivity index (χ1n) is 8.01. The van der Waals surface area contributed by atoms with E-state index in [4.69, 9.17) is 28.9 Å². The Balaban J connectivity index is 1.71. The van der Waals surface area contributed by atoms with E-state index in [1.54, 1.807) is 29.1 Å². The minimum absolute atomic E-state index is 0.0445. The zero-order chi connectivity index (χ0) is 17.3. The van der Waals surface area contributed by atoms with E-state index in [-0.39, 0.29) is 11.9 Å². The molecule has 1 amide bonds. The summed E-state index contributed by atoms with van der Waals surface area (Å²) in [6.07, 6.45) is 3.63. The molecule has 5 nitrogen and oxygen atoms in total. The summed E-state index contributed by atoms with van der Waals surface area (Å²) in [5.74, 6) is 0.444. The third-order valence-electron chi connectivity index (χ3n) is 4.55. The normalized spacial score (nSPS) is 17.1. The number of piperidine rings is 1. The van der Waals surface area contributed by atoms with Gasteiger partial charge in [0.25, 0.3) is 5.91 Å². The van der Waals surface area contributed by atoms with Crippen molar-refractivity contribution >= 4 is 29.1 Å². The van der Waals surface area contributed by atoms with Crippen LogP contribution in [0.4, 0.5) is 0 Å². The standard InChI is InChI=1S/C17H20Cl2N4O/c1-11(20)12-4-7-22(8-5-12)17(24)16-6-9-23(21-16)13-2-3-14(18)15(19)10-13/h2-3,6,9-12H,4-5,7-8,20H2,1H3. The van der Waals surface area contributed by atoms with Gasteiger partial charge in [-0.15, -0.1) is 0 Å². The van der Waals surface area contributed by atoms with Crippen molar-refractivity contribution in [1.29, 1.82) is 0 Å². The first-order chi connectivity index (χ1) is 11.5. The second-order valence-corrected chi connectivity index (χ2v) is 7.05. The Kier molecular flexibility index (Phi) is 5.13. The molecule has 0 radical (unpaired) electrons. The van der Waals surface area contributed by atoms with Crippen LogP contribution in [0.25, 0.3) is 5.69 Å². The number of rotatable bonds is 3. The summed E-state index contributed by atoms with van der Waals surface area (Å²) in [5, 5.41) is 5.32. The smallest absolute Gasteiger partial charge is 0.274 e. The van der Waals surface area contributed by atoms with E-state index < -0.39 is 0 Å². The predicted octanol–water partition coefficient (Wildman–Crippen LogP) is 3.38. The Labute approximate surface area is 151 Å². The van der Waals surface area contributed by atoms with E-state index in [9.17, 15) is 4.79 Å². The Morgan fingerprint density at radius 3 is 2.58 bits per heavy atom. The van der Waals surface area contributed by atoms with Crippen molar-refractivity contribution in [2.45, 2.75) is 25.8 Å². The molecule has 1 aromatic heterocycles. The van der Waals surface area contributed by atoms with Crippen LogP contribution in [0.3, 0.4) is 0 Å². The number of likely N-dealkylation sites (tertiary alicyclic amines) is 1. The summed E-state index contributed by atoms with van der Waals surface area (Å²) in [4.78, 5) is 14.5. The van der Waals surface area contributed by atoms with Gasteiger partial charge in [0.2, 0.25) is 0 Å². The van der Waals surface area contributed by atoms with Gasteiger partial charge < -0.3 is 10.6 Å². The first kappa shape index (κ1) is 17.3. The Morgan fingerprint density at radius 1 is 1.25 bits per heavy atom. The van der Waals surface area contributed by atoms with Crippen molar-refractivity contribution in [3.63, 3.8) is 0 Å². The van der Waals surface area contributed by atoms with Crippen molar-refractivity contribution in [2.75, 3.05) is 13.1 Å². The third-order valence-corrected chi connectivity index (χ3v) is 5.29. The number of hydrogen-bond donors (Lipinski definition) is 1. The highest BCUT2D eigenvalue weighted by Gasteiger charge is 2.26. The SMILES string of the molecule is CC(N)C1CCN(C(=O)c2ccn(-c3ccc(Cl)c(Cl)c3)n2)CC1. The lowest BCUT2D eigenvalue weighted by molar-refractivity contribution is 0.0674. The van der Waals surface area contributed by atoms with Crippen molar-refractivity contribution in [3.05, 3.63) is 46.2 Å². The molecular weight excluding hydrogens is 347 g/mol. The molecule has 2 aromatic rings. The summed E-state index contributed by atoms with van der Waals surface area (Å²) in [6, 6.07) is 7.14.